The van der Waals surface area contributed by atoms with Crippen molar-refractivity contribution in [1.82, 2.24) is 10.3 Å². The van der Waals surface area contributed by atoms with Crippen LogP contribution in [0.15, 0.2) is 30.6 Å². The minimum Gasteiger partial charge on any atom is -0.313 e. The van der Waals surface area contributed by atoms with E-state index in [0.717, 1.165) is 23.8 Å². The number of hydrogen-bond donors (Lipinski definition) is 1. The molecule has 6 atom stereocenters. The second-order valence-corrected chi connectivity index (χ2v) is 9.62. The first-order valence-electron chi connectivity index (χ1n) is 10.5. The average Bonchev–Trinajstić information content (AvgIpc) is 2.99. The van der Waals surface area contributed by atoms with Crippen LogP contribution in [0.4, 0.5) is 0 Å². The Balaban J connectivity index is 1.46. The van der Waals surface area contributed by atoms with E-state index < -0.39 is 0 Å². The first kappa shape index (κ1) is 16.1. The zero-order valence-corrected chi connectivity index (χ0v) is 15.8. The lowest BCUT2D eigenvalue weighted by atomic mass is 9.47. The molecule has 0 spiro atoms. The molecule has 0 bridgehead atoms. The van der Waals surface area contributed by atoms with Gasteiger partial charge in [-0.1, -0.05) is 26.0 Å². The van der Waals surface area contributed by atoms with Crippen molar-refractivity contribution in [1.29, 1.82) is 0 Å². The summed E-state index contributed by atoms with van der Waals surface area (Å²) >= 11 is 0. The zero-order valence-electron chi connectivity index (χ0n) is 15.8. The van der Waals surface area contributed by atoms with Gasteiger partial charge in [0.25, 0.3) is 0 Å². The van der Waals surface area contributed by atoms with E-state index in [2.05, 4.69) is 48.6 Å². The second-order valence-electron chi connectivity index (χ2n) is 9.62. The van der Waals surface area contributed by atoms with Crippen molar-refractivity contribution >= 4 is 5.57 Å². The van der Waals surface area contributed by atoms with Crippen molar-refractivity contribution in [3.8, 4) is 0 Å². The molecule has 3 aliphatic carbocycles. The van der Waals surface area contributed by atoms with E-state index >= 15 is 0 Å². The van der Waals surface area contributed by atoms with Gasteiger partial charge in [0.15, 0.2) is 0 Å². The molecule has 3 fully saturated rings. The molecule has 1 N–H and O–H groups in total. The number of aromatic nitrogens is 1. The number of fused-ring (bicyclic) bond motifs is 5. The Morgan fingerprint density at radius 1 is 1.12 bits per heavy atom. The third-order valence-corrected chi connectivity index (χ3v) is 8.71. The van der Waals surface area contributed by atoms with Crippen LogP contribution < -0.4 is 5.32 Å². The van der Waals surface area contributed by atoms with Crippen LogP contribution in [0, 0.1) is 28.6 Å². The van der Waals surface area contributed by atoms with E-state index in [4.69, 9.17) is 0 Å². The van der Waals surface area contributed by atoms with Crippen LogP contribution in [0.25, 0.3) is 5.57 Å². The van der Waals surface area contributed by atoms with E-state index in [9.17, 15) is 0 Å². The largest absolute Gasteiger partial charge is 0.313 e. The van der Waals surface area contributed by atoms with Crippen LogP contribution in [-0.2, 0) is 0 Å². The lowest BCUT2D eigenvalue weighted by Crippen LogP contribution is -2.59. The van der Waals surface area contributed by atoms with Crippen molar-refractivity contribution in [2.24, 2.45) is 28.6 Å². The van der Waals surface area contributed by atoms with Crippen LogP contribution >= 0.6 is 0 Å². The van der Waals surface area contributed by atoms with Gasteiger partial charge in [-0.2, -0.15) is 0 Å². The highest BCUT2D eigenvalue weighted by Gasteiger charge is 2.58. The van der Waals surface area contributed by atoms with Gasteiger partial charge in [0.1, 0.15) is 0 Å². The molecular weight excluding hydrogens is 304 g/mol. The molecule has 1 aromatic rings. The lowest BCUT2D eigenvalue weighted by molar-refractivity contribution is -0.0759. The zero-order chi connectivity index (χ0) is 17.1. The summed E-state index contributed by atoms with van der Waals surface area (Å²) in [6.45, 7) is 6.42. The summed E-state index contributed by atoms with van der Waals surface area (Å²) in [6.07, 6.45) is 16.3. The molecule has 1 aliphatic heterocycles. The van der Waals surface area contributed by atoms with Gasteiger partial charge in [-0.3, -0.25) is 4.98 Å². The van der Waals surface area contributed by atoms with Gasteiger partial charge in [-0.05, 0) is 97.3 Å². The third kappa shape index (κ3) is 2.22. The predicted octanol–water partition coefficient (Wildman–Crippen LogP) is 5.07. The molecule has 5 rings (SSSR count). The molecule has 0 radical (unpaired) electrons. The Labute approximate surface area is 152 Å². The van der Waals surface area contributed by atoms with E-state index in [-0.39, 0.29) is 0 Å². The van der Waals surface area contributed by atoms with Crippen molar-refractivity contribution in [3.63, 3.8) is 0 Å². The maximum Gasteiger partial charge on any atom is 0.0343 e. The maximum absolute atomic E-state index is 4.40. The summed E-state index contributed by atoms with van der Waals surface area (Å²) in [5.41, 5.74) is 3.87. The van der Waals surface area contributed by atoms with Gasteiger partial charge < -0.3 is 5.32 Å². The van der Waals surface area contributed by atoms with Crippen LogP contribution in [0.3, 0.4) is 0 Å². The lowest BCUT2D eigenvalue weighted by Gasteiger charge is -2.60. The Hall–Kier alpha value is -1.15. The quantitative estimate of drug-likeness (QED) is 0.774. The van der Waals surface area contributed by atoms with Gasteiger partial charge in [0.2, 0.25) is 0 Å². The highest BCUT2D eigenvalue weighted by molar-refractivity contribution is 5.72. The highest BCUT2D eigenvalue weighted by atomic mass is 15.0. The molecule has 2 heterocycles. The Bertz CT molecular complexity index is 681. The fourth-order valence-electron chi connectivity index (χ4n) is 7.43. The van der Waals surface area contributed by atoms with Gasteiger partial charge >= 0.3 is 0 Å². The smallest absolute Gasteiger partial charge is 0.0343 e. The number of piperidine rings is 1. The predicted molar refractivity (Wildman–Crippen MR) is 103 cm³/mol. The van der Waals surface area contributed by atoms with Gasteiger partial charge in [-0.25, -0.2) is 0 Å². The van der Waals surface area contributed by atoms with Crippen LogP contribution in [-0.4, -0.2) is 17.6 Å². The van der Waals surface area contributed by atoms with Crippen molar-refractivity contribution in [3.05, 3.63) is 36.2 Å². The van der Waals surface area contributed by atoms with E-state index in [0.29, 0.717) is 10.8 Å². The van der Waals surface area contributed by atoms with Gasteiger partial charge in [-0.15, -0.1) is 0 Å². The number of allylic oxidation sites excluding steroid dienone is 2. The van der Waals surface area contributed by atoms with Gasteiger partial charge in [0, 0.05) is 18.4 Å². The molecule has 2 heteroatoms. The summed E-state index contributed by atoms with van der Waals surface area (Å²) in [5, 5.41) is 3.88. The van der Waals surface area contributed by atoms with Crippen LogP contribution in [0.2, 0.25) is 0 Å². The average molecular weight is 337 g/mol. The highest BCUT2D eigenvalue weighted by Crippen LogP contribution is 2.65. The summed E-state index contributed by atoms with van der Waals surface area (Å²) in [7, 11) is 0. The first-order valence-corrected chi connectivity index (χ1v) is 10.5. The molecule has 2 saturated carbocycles. The molecule has 134 valence electrons. The summed E-state index contributed by atoms with van der Waals surface area (Å²) in [5.74, 6) is 2.70. The maximum atomic E-state index is 4.40. The molecule has 1 saturated heterocycles. The SMILES string of the molecule is CC12CCC3C(CCC4NCCCC43C)C1CC=C2c1cccnc1. The molecule has 0 aromatic carbocycles. The van der Waals surface area contributed by atoms with Crippen molar-refractivity contribution < 1.29 is 0 Å². The monoisotopic (exact) mass is 336 g/mol. The first-order chi connectivity index (χ1) is 12.1. The Morgan fingerprint density at radius 3 is 2.88 bits per heavy atom. The Morgan fingerprint density at radius 2 is 2.04 bits per heavy atom. The number of nitrogens with one attached hydrogen (secondary N) is 1. The summed E-state index contributed by atoms with van der Waals surface area (Å²) in [4.78, 5) is 4.40. The molecule has 0 amide bonds. The molecule has 1 aromatic heterocycles. The Kier molecular flexibility index (Phi) is 3.64. The van der Waals surface area contributed by atoms with Crippen molar-refractivity contribution in [2.75, 3.05) is 6.54 Å². The molecule has 4 aliphatic rings. The minimum atomic E-state index is 0.371. The molecular formula is C23H32N2. The fourth-order valence-corrected chi connectivity index (χ4v) is 7.43. The topological polar surface area (TPSA) is 24.9 Å². The molecule has 2 nitrogen and oxygen atoms in total. The third-order valence-electron chi connectivity index (χ3n) is 8.71. The fraction of sp³-hybridized carbons (Fsp3) is 0.696. The van der Waals surface area contributed by atoms with E-state index in [1.54, 1.807) is 5.57 Å². The summed E-state index contributed by atoms with van der Waals surface area (Å²) < 4.78 is 0. The number of hydrogen-bond acceptors (Lipinski definition) is 2. The van der Waals surface area contributed by atoms with Crippen LogP contribution in [0.1, 0.15) is 64.4 Å². The van der Waals surface area contributed by atoms with Gasteiger partial charge in [0.05, 0.1) is 0 Å². The normalized spacial score (nSPS) is 45.9. The van der Waals surface area contributed by atoms with Crippen LogP contribution in [0.5, 0.6) is 0 Å². The number of nitrogens with zero attached hydrogens (tertiary/aromatic N) is 1. The standard InChI is InChI=1S/C23H32N2/c1-22-12-10-20-17(6-9-21-23(20,2)11-4-14-25-21)19(22)8-7-18(22)16-5-3-13-24-15-16/h3,5,7,13,15,17,19-21,25H,4,6,8-12,14H2,1-2H3. The second kappa shape index (κ2) is 5.67. The molecule has 6 unspecified atom stereocenters. The molecule has 25 heavy (non-hydrogen) atoms. The number of pyridine rings is 1. The summed E-state index contributed by atoms with van der Waals surface area (Å²) in [6, 6.07) is 5.14. The number of rotatable bonds is 1. The van der Waals surface area contributed by atoms with Crippen molar-refractivity contribution in [2.45, 2.75) is 64.8 Å². The van der Waals surface area contributed by atoms with E-state index in [1.807, 2.05) is 6.20 Å². The minimum absolute atomic E-state index is 0.371. The van der Waals surface area contributed by atoms with E-state index in [1.165, 1.54) is 57.1 Å².